The molecule has 0 aliphatic rings. The molecule has 0 radical (unpaired) electrons. The normalized spacial score (nSPS) is 8.38. The van der Waals surface area contributed by atoms with Gasteiger partial charge >= 0.3 is 5.97 Å². The third kappa shape index (κ3) is 8.41. The summed E-state index contributed by atoms with van der Waals surface area (Å²) >= 11 is 0. The first-order chi connectivity index (χ1) is 6.16. The van der Waals surface area contributed by atoms with Gasteiger partial charge in [-0.3, -0.25) is 9.59 Å². The van der Waals surface area contributed by atoms with E-state index < -0.39 is 5.97 Å². The van der Waals surface area contributed by atoms with Crippen molar-refractivity contribution in [2.45, 2.75) is 26.2 Å². The summed E-state index contributed by atoms with van der Waals surface area (Å²) in [5, 5.41) is 10.8. The highest BCUT2D eigenvalue weighted by atomic mass is 16.4. The van der Waals surface area contributed by atoms with Gasteiger partial charge < -0.3 is 10.4 Å². The molecule has 0 aliphatic carbocycles. The van der Waals surface area contributed by atoms with Crippen LogP contribution in [0.15, 0.2) is 0 Å². The molecule has 0 bridgehead atoms. The Labute approximate surface area is 77.3 Å². The molecule has 4 nitrogen and oxygen atoms in total. The molecule has 0 aromatic carbocycles. The van der Waals surface area contributed by atoms with Gasteiger partial charge in [0.25, 0.3) is 5.91 Å². The van der Waals surface area contributed by atoms with Crippen molar-refractivity contribution in [3.63, 3.8) is 0 Å². The van der Waals surface area contributed by atoms with E-state index in [1.165, 1.54) is 0 Å². The van der Waals surface area contributed by atoms with Gasteiger partial charge in [-0.1, -0.05) is 5.92 Å². The van der Waals surface area contributed by atoms with Crippen LogP contribution in [0.4, 0.5) is 0 Å². The minimum atomic E-state index is -0.806. The predicted molar refractivity (Wildman–Crippen MR) is 47.9 cm³/mol. The molecule has 0 aromatic rings. The molecule has 0 heterocycles. The van der Waals surface area contributed by atoms with E-state index >= 15 is 0 Å². The second kappa shape index (κ2) is 7.17. The SMILES string of the molecule is CC#CC(=O)NCCCCC(=O)O. The molecule has 4 heteroatoms. The molecule has 0 fully saturated rings. The molecule has 72 valence electrons. The first-order valence-electron chi connectivity index (χ1n) is 4.09. The zero-order chi connectivity index (χ0) is 10.1. The summed E-state index contributed by atoms with van der Waals surface area (Å²) in [7, 11) is 0. The van der Waals surface area contributed by atoms with Crippen LogP contribution in [0, 0.1) is 11.8 Å². The molecule has 0 aliphatic heterocycles. The number of carbonyl (C=O) groups is 2. The summed E-state index contributed by atoms with van der Waals surface area (Å²) in [5.41, 5.74) is 0. The predicted octanol–water partition coefficient (Wildman–Crippen LogP) is 0.381. The fourth-order valence-electron chi connectivity index (χ4n) is 0.761. The molecule has 0 unspecified atom stereocenters. The summed E-state index contributed by atoms with van der Waals surface area (Å²) in [4.78, 5) is 20.8. The number of hydrogen-bond acceptors (Lipinski definition) is 2. The van der Waals surface area contributed by atoms with E-state index in [2.05, 4.69) is 17.2 Å². The van der Waals surface area contributed by atoms with Gasteiger partial charge in [-0.25, -0.2) is 0 Å². The second-order valence-electron chi connectivity index (χ2n) is 2.48. The largest absolute Gasteiger partial charge is 0.481 e. The van der Waals surface area contributed by atoms with E-state index in [4.69, 9.17) is 5.11 Å². The van der Waals surface area contributed by atoms with Crippen LogP contribution >= 0.6 is 0 Å². The molecular weight excluding hydrogens is 170 g/mol. The summed E-state index contributed by atoms with van der Waals surface area (Å²) in [6, 6.07) is 0. The van der Waals surface area contributed by atoms with Crippen molar-refractivity contribution in [1.82, 2.24) is 5.32 Å². The van der Waals surface area contributed by atoms with Crippen molar-refractivity contribution in [2.24, 2.45) is 0 Å². The van der Waals surface area contributed by atoms with Crippen LogP contribution in [-0.4, -0.2) is 23.5 Å². The third-order valence-electron chi connectivity index (χ3n) is 1.34. The number of carboxylic acids is 1. The van der Waals surface area contributed by atoms with E-state index in [1.807, 2.05) is 0 Å². The summed E-state index contributed by atoms with van der Waals surface area (Å²) in [6.45, 7) is 2.07. The van der Waals surface area contributed by atoms with Gasteiger partial charge in [-0.15, -0.1) is 0 Å². The van der Waals surface area contributed by atoms with Crippen molar-refractivity contribution in [2.75, 3.05) is 6.54 Å². The summed E-state index contributed by atoms with van der Waals surface area (Å²) in [5.74, 6) is 3.69. The molecule has 2 N–H and O–H groups in total. The number of nitrogens with one attached hydrogen (secondary N) is 1. The average molecular weight is 183 g/mol. The van der Waals surface area contributed by atoms with Gasteiger partial charge in [0.1, 0.15) is 0 Å². The lowest BCUT2D eigenvalue weighted by atomic mass is 10.2. The number of hydrogen-bond donors (Lipinski definition) is 2. The number of carboxylic acid groups (broad SMARTS) is 1. The lowest BCUT2D eigenvalue weighted by Gasteiger charge is -1.98. The molecule has 0 rings (SSSR count). The topological polar surface area (TPSA) is 66.4 Å². The zero-order valence-electron chi connectivity index (χ0n) is 7.59. The van der Waals surface area contributed by atoms with Gasteiger partial charge in [0.2, 0.25) is 0 Å². The van der Waals surface area contributed by atoms with Gasteiger partial charge in [0.15, 0.2) is 0 Å². The molecule has 0 saturated carbocycles. The number of aliphatic carboxylic acids is 1. The van der Waals surface area contributed by atoms with Crippen LogP contribution in [0.25, 0.3) is 0 Å². The van der Waals surface area contributed by atoms with Crippen molar-refractivity contribution < 1.29 is 14.7 Å². The highest BCUT2D eigenvalue weighted by molar-refractivity contribution is 5.93. The van der Waals surface area contributed by atoms with Gasteiger partial charge in [0.05, 0.1) is 0 Å². The maximum Gasteiger partial charge on any atom is 0.303 e. The maximum atomic E-state index is 10.7. The third-order valence-corrected chi connectivity index (χ3v) is 1.34. The molecule has 0 atom stereocenters. The smallest absolute Gasteiger partial charge is 0.303 e. The minimum absolute atomic E-state index is 0.148. The molecule has 13 heavy (non-hydrogen) atoms. The fourth-order valence-corrected chi connectivity index (χ4v) is 0.761. The minimum Gasteiger partial charge on any atom is -0.481 e. The quantitative estimate of drug-likeness (QED) is 0.478. The number of unbranched alkanes of at least 4 members (excludes halogenated alkanes) is 1. The Bertz CT molecular complexity index is 237. The first kappa shape index (κ1) is 11.5. The van der Waals surface area contributed by atoms with Crippen LogP contribution in [0.2, 0.25) is 0 Å². The van der Waals surface area contributed by atoms with Crippen LogP contribution in [0.1, 0.15) is 26.2 Å². The van der Waals surface area contributed by atoms with Crippen LogP contribution in [0.5, 0.6) is 0 Å². The maximum absolute atomic E-state index is 10.7. The Morgan fingerprint density at radius 3 is 2.62 bits per heavy atom. The van der Waals surface area contributed by atoms with Gasteiger partial charge in [-0.2, -0.15) is 0 Å². The number of carbonyl (C=O) groups excluding carboxylic acids is 1. The summed E-state index contributed by atoms with van der Waals surface area (Å²) in [6.07, 6.45) is 1.40. The monoisotopic (exact) mass is 183 g/mol. The van der Waals surface area contributed by atoms with Crippen LogP contribution < -0.4 is 5.32 Å². The Hall–Kier alpha value is -1.50. The lowest BCUT2D eigenvalue weighted by molar-refractivity contribution is -0.137. The number of amides is 1. The van der Waals surface area contributed by atoms with Crippen LogP contribution in [-0.2, 0) is 9.59 Å². The Morgan fingerprint density at radius 2 is 2.08 bits per heavy atom. The average Bonchev–Trinajstić information content (AvgIpc) is 2.03. The molecule has 0 aromatic heterocycles. The standard InChI is InChI=1S/C9H13NO3/c1-2-5-8(11)10-7-4-3-6-9(12)13/h3-4,6-7H2,1H3,(H,10,11)(H,12,13). The molecule has 0 saturated heterocycles. The second-order valence-corrected chi connectivity index (χ2v) is 2.48. The highest BCUT2D eigenvalue weighted by Gasteiger charge is 1.97. The van der Waals surface area contributed by atoms with Crippen molar-refractivity contribution in [3.05, 3.63) is 0 Å². The van der Waals surface area contributed by atoms with Crippen molar-refractivity contribution in [3.8, 4) is 11.8 Å². The van der Waals surface area contributed by atoms with Crippen LogP contribution in [0.3, 0.4) is 0 Å². The highest BCUT2D eigenvalue weighted by Crippen LogP contribution is 1.92. The Kier molecular flexibility index (Phi) is 6.34. The van der Waals surface area contributed by atoms with E-state index in [9.17, 15) is 9.59 Å². The molecule has 0 spiro atoms. The van der Waals surface area contributed by atoms with Crippen molar-refractivity contribution in [1.29, 1.82) is 0 Å². The van der Waals surface area contributed by atoms with E-state index in [1.54, 1.807) is 6.92 Å². The first-order valence-corrected chi connectivity index (χ1v) is 4.09. The van der Waals surface area contributed by atoms with E-state index in [-0.39, 0.29) is 12.3 Å². The van der Waals surface area contributed by atoms with Gasteiger partial charge in [0, 0.05) is 13.0 Å². The van der Waals surface area contributed by atoms with E-state index in [0.29, 0.717) is 19.4 Å². The molecular formula is C9H13NO3. The van der Waals surface area contributed by atoms with E-state index in [0.717, 1.165) is 0 Å². The lowest BCUT2D eigenvalue weighted by Crippen LogP contribution is -2.22. The Balaban J connectivity index is 3.29. The zero-order valence-corrected chi connectivity index (χ0v) is 7.59. The number of rotatable bonds is 5. The van der Waals surface area contributed by atoms with Crippen molar-refractivity contribution >= 4 is 11.9 Å². The fraction of sp³-hybridized carbons (Fsp3) is 0.556. The van der Waals surface area contributed by atoms with Gasteiger partial charge in [-0.05, 0) is 25.7 Å². The Morgan fingerprint density at radius 1 is 1.38 bits per heavy atom. The summed E-state index contributed by atoms with van der Waals surface area (Å²) < 4.78 is 0. The molecule has 1 amide bonds.